The van der Waals surface area contributed by atoms with E-state index in [2.05, 4.69) is 15.6 Å². The smallest absolute Gasteiger partial charge is 0.329 e. The van der Waals surface area contributed by atoms with E-state index in [0.29, 0.717) is 11.1 Å². The molecule has 6 N–H and O–H groups in total. The van der Waals surface area contributed by atoms with Crippen LogP contribution in [0.4, 0.5) is 0 Å². The highest BCUT2D eigenvalue weighted by Gasteiger charge is 2.29. The van der Waals surface area contributed by atoms with Gasteiger partial charge in [-0.1, -0.05) is 42.5 Å². The Balaban J connectivity index is 1.89. The Bertz CT molecular complexity index is 1430. The molecule has 3 unspecified atom stereocenters. The highest BCUT2D eigenvalue weighted by atomic mass is 16.4. The summed E-state index contributed by atoms with van der Waals surface area (Å²) in [5.74, 6) is -3.72. The normalized spacial score (nSPS) is 13.3. The average molecular weight is 510 g/mol. The summed E-state index contributed by atoms with van der Waals surface area (Å²) in [6, 6.07) is 11.2. The van der Waals surface area contributed by atoms with E-state index in [0.717, 1.165) is 4.57 Å². The fourth-order valence-corrected chi connectivity index (χ4v) is 3.81. The van der Waals surface area contributed by atoms with E-state index < -0.39 is 53.1 Å². The minimum absolute atomic E-state index is 0.0291. The molecule has 12 heteroatoms. The lowest BCUT2D eigenvalue weighted by atomic mass is 10.0. The summed E-state index contributed by atoms with van der Waals surface area (Å²) in [6.07, 6.45) is -0.515. The predicted molar refractivity (Wildman–Crippen MR) is 134 cm³/mol. The summed E-state index contributed by atoms with van der Waals surface area (Å²) < 4.78 is 0.808. The number of fused-ring (bicyclic) bond motifs is 1. The molecule has 3 atom stereocenters. The third kappa shape index (κ3) is 6.69. The number of carboxylic acid groups (broad SMARTS) is 1. The van der Waals surface area contributed by atoms with Crippen molar-refractivity contribution >= 4 is 34.6 Å². The maximum atomic E-state index is 13.4. The number of aliphatic carboxylic acids is 1. The predicted octanol–water partition coefficient (Wildman–Crippen LogP) is -0.187. The molecule has 2 aromatic carbocycles. The number of nitrogens with two attached hydrogens (primary N) is 1. The monoisotopic (exact) mass is 509 g/mol. The van der Waals surface area contributed by atoms with Gasteiger partial charge in [0.15, 0.2) is 0 Å². The summed E-state index contributed by atoms with van der Waals surface area (Å²) in [5.41, 5.74) is 4.56. The van der Waals surface area contributed by atoms with Crippen LogP contribution >= 0.6 is 0 Å². The first-order valence-electron chi connectivity index (χ1n) is 11.5. The van der Waals surface area contributed by atoms with Crippen LogP contribution in [-0.4, -0.2) is 50.4 Å². The van der Waals surface area contributed by atoms with Crippen molar-refractivity contribution in [2.75, 3.05) is 0 Å². The van der Waals surface area contributed by atoms with Gasteiger partial charge in [0.2, 0.25) is 17.7 Å². The van der Waals surface area contributed by atoms with Crippen LogP contribution in [0.15, 0.2) is 64.2 Å². The van der Waals surface area contributed by atoms with Crippen molar-refractivity contribution < 1.29 is 24.3 Å². The fraction of sp³-hybridized carbons (Fsp3) is 0.280. The fourth-order valence-electron chi connectivity index (χ4n) is 3.81. The van der Waals surface area contributed by atoms with Gasteiger partial charge < -0.3 is 26.5 Å². The molecule has 37 heavy (non-hydrogen) atoms. The Morgan fingerprint density at radius 2 is 1.62 bits per heavy atom. The van der Waals surface area contributed by atoms with Crippen LogP contribution in [0.25, 0.3) is 10.9 Å². The van der Waals surface area contributed by atoms with Gasteiger partial charge in [-0.05, 0) is 31.0 Å². The zero-order chi connectivity index (χ0) is 27.1. The minimum Gasteiger partial charge on any atom is -0.480 e. The summed E-state index contributed by atoms with van der Waals surface area (Å²) in [4.78, 5) is 77.1. The second-order valence-corrected chi connectivity index (χ2v) is 8.49. The maximum Gasteiger partial charge on any atom is 0.329 e. The van der Waals surface area contributed by atoms with E-state index in [-0.39, 0.29) is 24.6 Å². The van der Waals surface area contributed by atoms with Gasteiger partial charge in [0.05, 0.1) is 10.9 Å². The van der Waals surface area contributed by atoms with Crippen LogP contribution in [0, 0.1) is 0 Å². The molecular formula is C25H27N5O7. The second-order valence-electron chi connectivity index (χ2n) is 8.49. The number of amides is 3. The van der Waals surface area contributed by atoms with E-state index in [1.54, 1.807) is 48.5 Å². The zero-order valence-electron chi connectivity index (χ0n) is 20.0. The van der Waals surface area contributed by atoms with Crippen LogP contribution < -0.4 is 27.6 Å². The third-order valence-electron chi connectivity index (χ3n) is 5.77. The minimum atomic E-state index is -1.40. The van der Waals surface area contributed by atoms with Gasteiger partial charge >= 0.3 is 11.7 Å². The molecule has 0 saturated heterocycles. The van der Waals surface area contributed by atoms with Gasteiger partial charge in [-0.15, -0.1) is 0 Å². The molecule has 0 aliphatic rings. The largest absolute Gasteiger partial charge is 0.480 e. The molecule has 0 aliphatic heterocycles. The first-order chi connectivity index (χ1) is 17.6. The molecule has 3 rings (SSSR count). The number of nitrogens with zero attached hydrogens (tertiary/aromatic N) is 1. The number of nitrogens with one attached hydrogen (secondary N) is 3. The number of hydrogen-bond donors (Lipinski definition) is 5. The van der Waals surface area contributed by atoms with E-state index in [4.69, 9.17) is 5.73 Å². The van der Waals surface area contributed by atoms with Gasteiger partial charge in [0.1, 0.15) is 18.1 Å². The summed E-state index contributed by atoms with van der Waals surface area (Å²) in [5, 5.41) is 14.2. The molecule has 1 aromatic heterocycles. The van der Waals surface area contributed by atoms with Crippen LogP contribution in [-0.2, 0) is 25.6 Å². The van der Waals surface area contributed by atoms with Crippen molar-refractivity contribution in [2.45, 2.75) is 44.3 Å². The van der Waals surface area contributed by atoms with Crippen LogP contribution in [0.1, 0.15) is 31.4 Å². The second kappa shape index (κ2) is 11.8. The number of rotatable bonds is 11. The highest BCUT2D eigenvalue weighted by molar-refractivity contribution is 5.91. The number of para-hydroxylation sites is 1. The Kier molecular flexibility index (Phi) is 8.56. The number of carbonyl (C=O) groups excluding carboxylic acids is 3. The standard InChI is InChI=1S/C25H27N5O7/c1-14(21(32)28-18(24(35)36)11-12-20(26)31)27-22(33)19(13-15-7-3-2-4-8-15)30-23(34)16-9-5-6-10-17(16)29-25(30)37/h2-10,14,18-19H,11-13H2,1H3,(H2,26,31)(H,27,33)(H,28,32)(H,29,37)(H,35,36). The average Bonchev–Trinajstić information content (AvgIpc) is 2.86. The number of hydrogen-bond acceptors (Lipinski definition) is 6. The number of carboxylic acids is 1. The molecule has 1 heterocycles. The summed E-state index contributed by atoms with van der Waals surface area (Å²) in [7, 11) is 0. The number of aromatic amines is 1. The molecule has 0 spiro atoms. The van der Waals surface area contributed by atoms with Gasteiger partial charge in [-0.2, -0.15) is 0 Å². The maximum absolute atomic E-state index is 13.4. The molecule has 0 fully saturated rings. The lowest BCUT2D eigenvalue weighted by molar-refractivity contribution is -0.142. The molecule has 0 aliphatic carbocycles. The van der Waals surface area contributed by atoms with Crippen molar-refractivity contribution in [1.82, 2.24) is 20.2 Å². The third-order valence-corrected chi connectivity index (χ3v) is 5.77. The van der Waals surface area contributed by atoms with E-state index in [1.807, 2.05) is 0 Å². The summed E-state index contributed by atoms with van der Waals surface area (Å²) >= 11 is 0. The first kappa shape index (κ1) is 26.9. The van der Waals surface area contributed by atoms with E-state index >= 15 is 0 Å². The van der Waals surface area contributed by atoms with Crippen molar-refractivity contribution in [3.63, 3.8) is 0 Å². The van der Waals surface area contributed by atoms with Gasteiger partial charge in [0, 0.05) is 12.8 Å². The SMILES string of the molecule is CC(NC(=O)C(Cc1ccccc1)n1c(=O)[nH]c2ccccc2c1=O)C(=O)NC(CCC(N)=O)C(=O)O. The van der Waals surface area contributed by atoms with Crippen molar-refractivity contribution in [3.05, 3.63) is 81.0 Å². The van der Waals surface area contributed by atoms with E-state index in [9.17, 15) is 33.9 Å². The lowest BCUT2D eigenvalue weighted by Crippen LogP contribution is -2.53. The topological polar surface area (TPSA) is 193 Å². The Hall–Kier alpha value is -4.74. The Labute approximate surface area is 210 Å². The van der Waals surface area contributed by atoms with Crippen molar-refractivity contribution in [2.24, 2.45) is 5.73 Å². The van der Waals surface area contributed by atoms with Crippen LogP contribution in [0.2, 0.25) is 0 Å². The van der Waals surface area contributed by atoms with Crippen LogP contribution in [0.5, 0.6) is 0 Å². The molecule has 3 aromatic rings. The highest BCUT2D eigenvalue weighted by Crippen LogP contribution is 2.14. The zero-order valence-corrected chi connectivity index (χ0v) is 20.0. The van der Waals surface area contributed by atoms with Gasteiger partial charge in [-0.25, -0.2) is 14.2 Å². The first-order valence-corrected chi connectivity index (χ1v) is 11.5. The number of H-pyrrole nitrogens is 1. The summed E-state index contributed by atoms with van der Waals surface area (Å²) in [6.45, 7) is 1.33. The van der Waals surface area contributed by atoms with Crippen molar-refractivity contribution in [1.29, 1.82) is 0 Å². The molecule has 0 bridgehead atoms. The number of primary amides is 1. The lowest BCUT2D eigenvalue weighted by Gasteiger charge is -2.23. The Morgan fingerprint density at radius 1 is 0.973 bits per heavy atom. The quantitative estimate of drug-likeness (QED) is 0.236. The number of benzene rings is 2. The van der Waals surface area contributed by atoms with Crippen LogP contribution in [0.3, 0.4) is 0 Å². The molecule has 3 amide bonds. The molecule has 0 radical (unpaired) electrons. The molecular weight excluding hydrogens is 482 g/mol. The van der Waals surface area contributed by atoms with E-state index in [1.165, 1.54) is 13.0 Å². The number of aromatic nitrogens is 2. The molecule has 0 saturated carbocycles. The molecule has 194 valence electrons. The van der Waals surface area contributed by atoms with Gasteiger partial charge in [0.25, 0.3) is 5.56 Å². The van der Waals surface area contributed by atoms with Gasteiger partial charge in [-0.3, -0.25) is 19.2 Å². The Morgan fingerprint density at radius 3 is 2.27 bits per heavy atom. The number of carbonyl (C=O) groups is 4. The molecule has 12 nitrogen and oxygen atoms in total. The van der Waals surface area contributed by atoms with Crippen molar-refractivity contribution in [3.8, 4) is 0 Å².